The molecule has 0 aliphatic heterocycles. The van der Waals surface area contributed by atoms with E-state index in [1.165, 1.54) is 12.1 Å². The predicted molar refractivity (Wildman–Crippen MR) is 44.9 cm³/mol. The van der Waals surface area contributed by atoms with Gasteiger partial charge in [0.25, 0.3) is 0 Å². The largest absolute Gasteiger partial charge is 0.306 e. The molecule has 0 aliphatic rings. The lowest BCUT2D eigenvalue weighted by Gasteiger charge is -2.01. The molecule has 13 heavy (non-hydrogen) atoms. The molecule has 0 amide bonds. The summed E-state index contributed by atoms with van der Waals surface area (Å²) in [4.78, 5) is 0. The molecule has 0 spiro atoms. The van der Waals surface area contributed by atoms with E-state index in [0.29, 0.717) is 5.56 Å². The molecule has 0 N–H and O–H groups in total. The highest BCUT2D eigenvalue weighted by Gasteiger charge is 2.11. The summed E-state index contributed by atoms with van der Waals surface area (Å²) >= 11 is 0. The zero-order chi connectivity index (χ0) is 10.1. The summed E-state index contributed by atoms with van der Waals surface area (Å²) in [6, 6.07) is 3.63. The minimum atomic E-state index is -4.58. The SMILES string of the molecule is Cc1ccc(F)cc1CS(=O)(=O)F. The summed E-state index contributed by atoms with van der Waals surface area (Å²) in [5.41, 5.74) is 0.713. The number of hydrogen-bond donors (Lipinski definition) is 0. The van der Waals surface area contributed by atoms with Gasteiger partial charge in [-0.05, 0) is 30.2 Å². The van der Waals surface area contributed by atoms with Gasteiger partial charge in [0.2, 0.25) is 0 Å². The molecule has 0 aromatic heterocycles. The maximum absolute atomic E-state index is 12.6. The Kier molecular flexibility index (Phi) is 2.66. The first-order chi connectivity index (χ1) is 5.88. The average Bonchev–Trinajstić information content (AvgIpc) is 1.94. The predicted octanol–water partition coefficient (Wildman–Crippen LogP) is 1.93. The summed E-state index contributed by atoms with van der Waals surface area (Å²) in [7, 11) is -4.58. The van der Waals surface area contributed by atoms with E-state index in [9.17, 15) is 16.7 Å². The second kappa shape index (κ2) is 3.41. The van der Waals surface area contributed by atoms with Crippen molar-refractivity contribution >= 4 is 10.2 Å². The number of hydrogen-bond acceptors (Lipinski definition) is 2. The van der Waals surface area contributed by atoms with Crippen molar-refractivity contribution in [1.29, 1.82) is 0 Å². The molecule has 0 saturated carbocycles. The molecule has 0 saturated heterocycles. The summed E-state index contributed by atoms with van der Waals surface area (Å²) in [6.07, 6.45) is 0. The number of aryl methyl sites for hydroxylation is 1. The summed E-state index contributed by atoms with van der Waals surface area (Å²) in [6.45, 7) is 1.60. The van der Waals surface area contributed by atoms with Crippen molar-refractivity contribution in [2.45, 2.75) is 12.7 Å². The van der Waals surface area contributed by atoms with E-state index in [1.54, 1.807) is 6.92 Å². The summed E-state index contributed by atoms with van der Waals surface area (Å²) in [5, 5.41) is 0. The normalized spacial score (nSPS) is 11.6. The monoisotopic (exact) mass is 206 g/mol. The second-order valence-electron chi connectivity index (χ2n) is 2.75. The number of halogens is 2. The van der Waals surface area contributed by atoms with Crippen LogP contribution in [-0.2, 0) is 16.0 Å². The van der Waals surface area contributed by atoms with Crippen LogP contribution in [0.2, 0.25) is 0 Å². The molecule has 72 valence electrons. The fraction of sp³-hybridized carbons (Fsp3) is 0.250. The van der Waals surface area contributed by atoms with Gasteiger partial charge in [-0.3, -0.25) is 0 Å². The average molecular weight is 206 g/mol. The topological polar surface area (TPSA) is 34.1 Å². The molecule has 0 bridgehead atoms. The third-order valence-electron chi connectivity index (χ3n) is 1.64. The first-order valence-corrected chi connectivity index (χ1v) is 5.11. The fourth-order valence-electron chi connectivity index (χ4n) is 0.981. The molecule has 0 fully saturated rings. The Hall–Kier alpha value is -0.970. The Morgan fingerprint density at radius 3 is 2.54 bits per heavy atom. The van der Waals surface area contributed by atoms with Crippen LogP contribution in [0.15, 0.2) is 18.2 Å². The van der Waals surface area contributed by atoms with Crippen LogP contribution in [0.3, 0.4) is 0 Å². The zero-order valence-electron chi connectivity index (χ0n) is 6.92. The van der Waals surface area contributed by atoms with Crippen LogP contribution in [0.1, 0.15) is 11.1 Å². The van der Waals surface area contributed by atoms with E-state index in [-0.39, 0.29) is 5.56 Å². The van der Waals surface area contributed by atoms with Crippen molar-refractivity contribution in [3.8, 4) is 0 Å². The highest BCUT2D eigenvalue weighted by Crippen LogP contribution is 2.14. The lowest BCUT2D eigenvalue weighted by Crippen LogP contribution is -1.99. The Morgan fingerprint density at radius 2 is 2.00 bits per heavy atom. The molecule has 1 rings (SSSR count). The highest BCUT2D eigenvalue weighted by molar-refractivity contribution is 7.85. The molecule has 1 aromatic carbocycles. The third-order valence-corrected chi connectivity index (χ3v) is 2.29. The quantitative estimate of drug-likeness (QED) is 0.693. The molecule has 1 aromatic rings. The molecular formula is C8H8F2O2S. The van der Waals surface area contributed by atoms with E-state index in [2.05, 4.69) is 0 Å². The molecule has 0 aliphatic carbocycles. The highest BCUT2D eigenvalue weighted by atomic mass is 32.3. The lowest BCUT2D eigenvalue weighted by atomic mass is 10.1. The van der Waals surface area contributed by atoms with Crippen molar-refractivity contribution in [1.82, 2.24) is 0 Å². The van der Waals surface area contributed by atoms with Crippen molar-refractivity contribution < 1.29 is 16.7 Å². The molecule has 5 heteroatoms. The van der Waals surface area contributed by atoms with Gasteiger partial charge in [0.15, 0.2) is 0 Å². The van der Waals surface area contributed by atoms with E-state index >= 15 is 0 Å². The number of rotatable bonds is 2. The first-order valence-electron chi connectivity index (χ1n) is 3.56. The molecular weight excluding hydrogens is 198 g/mol. The van der Waals surface area contributed by atoms with Gasteiger partial charge >= 0.3 is 10.2 Å². The van der Waals surface area contributed by atoms with Crippen molar-refractivity contribution in [2.24, 2.45) is 0 Å². The number of benzene rings is 1. The van der Waals surface area contributed by atoms with Crippen LogP contribution in [0.5, 0.6) is 0 Å². The van der Waals surface area contributed by atoms with Gasteiger partial charge in [0.1, 0.15) is 11.6 Å². The van der Waals surface area contributed by atoms with Crippen molar-refractivity contribution in [3.63, 3.8) is 0 Å². The molecule has 0 atom stereocenters. The van der Waals surface area contributed by atoms with Gasteiger partial charge in [0, 0.05) is 0 Å². The lowest BCUT2D eigenvalue weighted by molar-refractivity contribution is 0.550. The maximum atomic E-state index is 12.6. The van der Waals surface area contributed by atoms with Gasteiger partial charge in [-0.15, -0.1) is 3.89 Å². The van der Waals surface area contributed by atoms with Crippen LogP contribution in [0.4, 0.5) is 8.28 Å². The van der Waals surface area contributed by atoms with Gasteiger partial charge < -0.3 is 0 Å². The second-order valence-corrected chi connectivity index (χ2v) is 4.12. The van der Waals surface area contributed by atoms with Crippen molar-refractivity contribution in [3.05, 3.63) is 35.1 Å². The Labute approximate surface area is 75.4 Å². The van der Waals surface area contributed by atoms with E-state index in [1.807, 2.05) is 0 Å². The van der Waals surface area contributed by atoms with Crippen LogP contribution < -0.4 is 0 Å². The maximum Gasteiger partial charge on any atom is 0.306 e. The van der Waals surface area contributed by atoms with E-state index in [4.69, 9.17) is 0 Å². The van der Waals surface area contributed by atoms with Crippen LogP contribution in [0.25, 0.3) is 0 Å². The van der Waals surface area contributed by atoms with E-state index < -0.39 is 21.8 Å². The minimum absolute atomic E-state index is 0.155. The molecule has 2 nitrogen and oxygen atoms in total. The zero-order valence-corrected chi connectivity index (χ0v) is 7.74. The summed E-state index contributed by atoms with van der Waals surface area (Å²) < 4.78 is 45.4. The first kappa shape index (κ1) is 10.1. The third kappa shape index (κ3) is 3.10. The smallest absolute Gasteiger partial charge is 0.207 e. The molecule has 0 radical (unpaired) electrons. The van der Waals surface area contributed by atoms with Crippen LogP contribution >= 0.6 is 0 Å². The van der Waals surface area contributed by atoms with Crippen LogP contribution in [0, 0.1) is 12.7 Å². The van der Waals surface area contributed by atoms with Crippen molar-refractivity contribution in [2.75, 3.05) is 0 Å². The Bertz CT molecular complexity index is 412. The molecule has 0 unspecified atom stereocenters. The fourth-order valence-corrected chi connectivity index (χ4v) is 1.66. The Balaban J connectivity index is 3.08. The van der Waals surface area contributed by atoms with Gasteiger partial charge in [-0.1, -0.05) is 6.07 Å². The minimum Gasteiger partial charge on any atom is -0.207 e. The summed E-state index contributed by atoms with van der Waals surface area (Å²) in [5.74, 6) is -1.33. The van der Waals surface area contributed by atoms with E-state index in [0.717, 1.165) is 6.07 Å². The molecule has 0 heterocycles. The van der Waals surface area contributed by atoms with Gasteiger partial charge in [0.05, 0.1) is 0 Å². The Morgan fingerprint density at radius 1 is 1.38 bits per heavy atom. The van der Waals surface area contributed by atoms with Crippen LogP contribution in [-0.4, -0.2) is 8.42 Å². The van der Waals surface area contributed by atoms with Gasteiger partial charge in [-0.2, -0.15) is 8.42 Å². The standard InChI is InChI=1S/C8H8F2O2S/c1-6-2-3-8(9)4-7(6)5-13(10,11)12/h2-4H,5H2,1H3. The van der Waals surface area contributed by atoms with Gasteiger partial charge in [-0.25, -0.2) is 4.39 Å².